The third kappa shape index (κ3) is 4.21. The molecule has 0 aliphatic heterocycles. The quantitative estimate of drug-likeness (QED) is 0.853. The van der Waals surface area contributed by atoms with Crippen molar-refractivity contribution in [1.82, 2.24) is 4.98 Å². The second-order valence-electron chi connectivity index (χ2n) is 5.30. The Bertz CT molecular complexity index is 673. The zero-order chi connectivity index (χ0) is 16.1. The first kappa shape index (κ1) is 16.3. The van der Waals surface area contributed by atoms with E-state index in [2.05, 4.69) is 29.5 Å². The molecule has 0 radical (unpaired) electrons. The van der Waals surface area contributed by atoms with Crippen LogP contribution in [0.5, 0.6) is 0 Å². The first-order valence-electron chi connectivity index (χ1n) is 7.29. The van der Waals surface area contributed by atoms with Crippen LogP contribution in [0.2, 0.25) is 5.02 Å². The molecule has 5 heteroatoms. The molecular weight excluding hydrogens is 298 g/mol. The summed E-state index contributed by atoms with van der Waals surface area (Å²) in [5.74, 6) is -0.257. The first-order valence-corrected chi connectivity index (χ1v) is 7.67. The van der Waals surface area contributed by atoms with Gasteiger partial charge >= 0.3 is 0 Å². The SMILES string of the molecule is CCC(C)Nc1ccnc(C(=O)Nc2ccc(C)c(Cl)c2)c1. The van der Waals surface area contributed by atoms with Gasteiger partial charge in [-0.25, -0.2) is 0 Å². The summed E-state index contributed by atoms with van der Waals surface area (Å²) < 4.78 is 0. The number of carbonyl (C=O) groups is 1. The Morgan fingerprint density at radius 1 is 1.27 bits per heavy atom. The van der Waals surface area contributed by atoms with E-state index in [4.69, 9.17) is 11.6 Å². The molecule has 4 nitrogen and oxygen atoms in total. The summed E-state index contributed by atoms with van der Waals surface area (Å²) >= 11 is 6.06. The number of nitrogens with zero attached hydrogens (tertiary/aromatic N) is 1. The normalized spacial score (nSPS) is 11.8. The Morgan fingerprint density at radius 3 is 2.73 bits per heavy atom. The largest absolute Gasteiger partial charge is 0.382 e. The molecule has 0 aliphatic carbocycles. The van der Waals surface area contributed by atoms with Crippen molar-refractivity contribution in [3.05, 3.63) is 52.8 Å². The number of benzene rings is 1. The Morgan fingerprint density at radius 2 is 2.05 bits per heavy atom. The number of halogens is 1. The maximum Gasteiger partial charge on any atom is 0.274 e. The van der Waals surface area contributed by atoms with E-state index in [1.807, 2.05) is 25.1 Å². The van der Waals surface area contributed by atoms with E-state index < -0.39 is 0 Å². The summed E-state index contributed by atoms with van der Waals surface area (Å²) in [4.78, 5) is 16.4. The van der Waals surface area contributed by atoms with Gasteiger partial charge in [0.15, 0.2) is 0 Å². The van der Waals surface area contributed by atoms with E-state index in [-0.39, 0.29) is 5.91 Å². The molecule has 116 valence electrons. The topological polar surface area (TPSA) is 54.0 Å². The molecule has 0 fully saturated rings. The third-order valence-corrected chi connectivity index (χ3v) is 3.85. The zero-order valence-corrected chi connectivity index (χ0v) is 13.7. The molecule has 0 saturated heterocycles. The van der Waals surface area contributed by atoms with Gasteiger partial charge in [0.1, 0.15) is 5.69 Å². The molecule has 1 amide bonds. The summed E-state index contributed by atoms with van der Waals surface area (Å²) in [5, 5.41) is 6.76. The molecule has 1 unspecified atom stereocenters. The highest BCUT2D eigenvalue weighted by Gasteiger charge is 2.10. The lowest BCUT2D eigenvalue weighted by Gasteiger charge is -2.13. The minimum absolute atomic E-state index is 0.257. The van der Waals surface area contributed by atoms with Crippen molar-refractivity contribution in [2.24, 2.45) is 0 Å². The van der Waals surface area contributed by atoms with Gasteiger partial charge in [0.25, 0.3) is 5.91 Å². The number of pyridine rings is 1. The number of aromatic nitrogens is 1. The predicted octanol–water partition coefficient (Wildman–Crippen LogP) is 4.51. The van der Waals surface area contributed by atoms with E-state index in [0.717, 1.165) is 17.7 Å². The summed E-state index contributed by atoms with van der Waals surface area (Å²) in [6, 6.07) is 9.36. The molecule has 2 aromatic rings. The van der Waals surface area contributed by atoms with E-state index in [9.17, 15) is 4.79 Å². The van der Waals surface area contributed by atoms with Crippen molar-refractivity contribution in [2.45, 2.75) is 33.2 Å². The highest BCUT2D eigenvalue weighted by Crippen LogP contribution is 2.20. The van der Waals surface area contributed by atoms with Crippen molar-refractivity contribution >= 4 is 28.9 Å². The summed E-state index contributed by atoms with van der Waals surface area (Å²) in [6.07, 6.45) is 2.63. The molecule has 1 atom stereocenters. The highest BCUT2D eigenvalue weighted by atomic mass is 35.5. The van der Waals surface area contributed by atoms with Crippen LogP contribution in [0.25, 0.3) is 0 Å². The third-order valence-electron chi connectivity index (χ3n) is 3.45. The molecule has 0 saturated carbocycles. The molecule has 2 rings (SSSR count). The van der Waals surface area contributed by atoms with E-state index >= 15 is 0 Å². The van der Waals surface area contributed by atoms with Gasteiger partial charge in [0, 0.05) is 28.6 Å². The fourth-order valence-corrected chi connectivity index (χ4v) is 2.08. The lowest BCUT2D eigenvalue weighted by atomic mass is 10.2. The van der Waals surface area contributed by atoms with Crippen molar-refractivity contribution in [3.63, 3.8) is 0 Å². The van der Waals surface area contributed by atoms with Crippen LogP contribution in [0.3, 0.4) is 0 Å². The fourth-order valence-electron chi connectivity index (χ4n) is 1.90. The Labute approximate surface area is 135 Å². The van der Waals surface area contributed by atoms with Crippen LogP contribution in [0.15, 0.2) is 36.5 Å². The number of nitrogens with one attached hydrogen (secondary N) is 2. The van der Waals surface area contributed by atoms with Crippen LogP contribution in [-0.4, -0.2) is 16.9 Å². The first-order chi connectivity index (χ1) is 10.5. The summed E-state index contributed by atoms with van der Waals surface area (Å²) in [7, 11) is 0. The Kier molecular flexibility index (Phi) is 5.39. The number of hydrogen-bond acceptors (Lipinski definition) is 3. The molecule has 1 aromatic carbocycles. The van der Waals surface area contributed by atoms with Gasteiger partial charge in [0.05, 0.1) is 0 Å². The molecule has 0 bridgehead atoms. The summed E-state index contributed by atoms with van der Waals surface area (Å²) in [6.45, 7) is 6.11. The van der Waals surface area contributed by atoms with Crippen LogP contribution in [0, 0.1) is 6.92 Å². The second kappa shape index (κ2) is 7.27. The predicted molar refractivity (Wildman–Crippen MR) is 91.8 cm³/mol. The fraction of sp³-hybridized carbons (Fsp3) is 0.294. The maximum absolute atomic E-state index is 12.3. The zero-order valence-electron chi connectivity index (χ0n) is 13.0. The minimum Gasteiger partial charge on any atom is -0.382 e. The molecule has 22 heavy (non-hydrogen) atoms. The smallest absolute Gasteiger partial charge is 0.274 e. The monoisotopic (exact) mass is 317 g/mol. The van der Waals surface area contributed by atoms with Crippen LogP contribution in [-0.2, 0) is 0 Å². The van der Waals surface area contributed by atoms with Crippen LogP contribution >= 0.6 is 11.6 Å². The van der Waals surface area contributed by atoms with Crippen molar-refractivity contribution in [2.75, 3.05) is 10.6 Å². The van der Waals surface area contributed by atoms with Gasteiger partial charge in [-0.15, -0.1) is 0 Å². The maximum atomic E-state index is 12.3. The molecule has 1 aromatic heterocycles. The van der Waals surface area contributed by atoms with E-state index in [0.29, 0.717) is 22.4 Å². The molecule has 1 heterocycles. The number of anilines is 2. The van der Waals surface area contributed by atoms with Crippen LogP contribution < -0.4 is 10.6 Å². The minimum atomic E-state index is -0.257. The van der Waals surface area contributed by atoms with Crippen molar-refractivity contribution in [3.8, 4) is 0 Å². The molecular formula is C17H20ClN3O. The molecule has 0 spiro atoms. The van der Waals surface area contributed by atoms with Gasteiger partial charge in [0.2, 0.25) is 0 Å². The number of hydrogen-bond donors (Lipinski definition) is 2. The van der Waals surface area contributed by atoms with Crippen molar-refractivity contribution < 1.29 is 4.79 Å². The van der Waals surface area contributed by atoms with Crippen molar-refractivity contribution in [1.29, 1.82) is 0 Å². The number of aryl methyl sites for hydroxylation is 1. The van der Waals surface area contributed by atoms with Gasteiger partial charge in [-0.3, -0.25) is 9.78 Å². The number of carbonyl (C=O) groups excluding carboxylic acids is 1. The van der Waals surface area contributed by atoms with E-state index in [1.165, 1.54) is 0 Å². The highest BCUT2D eigenvalue weighted by molar-refractivity contribution is 6.31. The van der Waals surface area contributed by atoms with Gasteiger partial charge < -0.3 is 10.6 Å². The number of amides is 1. The van der Waals surface area contributed by atoms with Crippen LogP contribution in [0.1, 0.15) is 36.3 Å². The Hall–Kier alpha value is -2.07. The van der Waals surface area contributed by atoms with Gasteiger partial charge in [-0.1, -0.05) is 24.6 Å². The molecule has 2 N–H and O–H groups in total. The van der Waals surface area contributed by atoms with E-state index in [1.54, 1.807) is 18.3 Å². The molecule has 0 aliphatic rings. The van der Waals surface area contributed by atoms with Crippen LogP contribution in [0.4, 0.5) is 11.4 Å². The van der Waals surface area contributed by atoms with Gasteiger partial charge in [-0.05, 0) is 50.1 Å². The average Bonchev–Trinajstić information content (AvgIpc) is 2.51. The number of rotatable bonds is 5. The Balaban J connectivity index is 2.12. The summed E-state index contributed by atoms with van der Waals surface area (Å²) in [5.41, 5.74) is 2.88. The standard InChI is InChI=1S/C17H20ClN3O/c1-4-12(3)20-14-7-8-19-16(10-14)17(22)21-13-6-5-11(2)15(18)9-13/h5-10,12H,4H2,1-3H3,(H,19,20)(H,21,22). The van der Waals surface area contributed by atoms with Gasteiger partial charge in [-0.2, -0.15) is 0 Å². The average molecular weight is 318 g/mol. The lowest BCUT2D eigenvalue weighted by Crippen LogP contribution is -2.16. The second-order valence-corrected chi connectivity index (χ2v) is 5.71. The lowest BCUT2D eigenvalue weighted by molar-refractivity contribution is 0.102.